The van der Waals surface area contributed by atoms with Gasteiger partial charge in [0.15, 0.2) is 18.1 Å². The number of rotatable bonds is 8. The molecule has 8 nitrogen and oxygen atoms in total. The fourth-order valence-corrected chi connectivity index (χ4v) is 4.70. The number of amides is 1. The maximum Gasteiger partial charge on any atom is 0.337 e. The minimum absolute atomic E-state index is 0.0450. The SMILES string of the molecule is O=C(O)c1cncc(-c2ccccc2OCC(=O)N2CCC(CCc3ccc4c(c3)OCO4)CC2)c1. The lowest BCUT2D eigenvalue weighted by atomic mass is 9.90. The van der Waals surface area contributed by atoms with Crippen LogP contribution in [-0.2, 0) is 11.2 Å². The number of para-hydroxylation sites is 1. The fourth-order valence-electron chi connectivity index (χ4n) is 4.70. The maximum atomic E-state index is 12.8. The van der Waals surface area contributed by atoms with Crippen molar-refractivity contribution in [2.45, 2.75) is 25.7 Å². The van der Waals surface area contributed by atoms with Crippen molar-refractivity contribution in [2.75, 3.05) is 26.5 Å². The summed E-state index contributed by atoms with van der Waals surface area (Å²) in [5, 5.41) is 9.26. The Morgan fingerprint density at radius 2 is 1.83 bits per heavy atom. The van der Waals surface area contributed by atoms with E-state index in [4.69, 9.17) is 14.2 Å². The number of benzene rings is 2. The van der Waals surface area contributed by atoms with Crippen LogP contribution in [0.2, 0.25) is 0 Å². The van der Waals surface area contributed by atoms with E-state index in [1.54, 1.807) is 18.3 Å². The Morgan fingerprint density at radius 1 is 1.03 bits per heavy atom. The molecule has 3 aromatic rings. The van der Waals surface area contributed by atoms with E-state index in [0.717, 1.165) is 50.3 Å². The Kier molecular flexibility index (Phi) is 7.02. The van der Waals surface area contributed by atoms with Crippen molar-refractivity contribution >= 4 is 11.9 Å². The van der Waals surface area contributed by atoms with Gasteiger partial charge < -0.3 is 24.2 Å². The predicted molar refractivity (Wildman–Crippen MR) is 132 cm³/mol. The van der Waals surface area contributed by atoms with Gasteiger partial charge in [0.25, 0.3) is 5.91 Å². The number of hydrogen-bond donors (Lipinski definition) is 1. The molecule has 0 radical (unpaired) electrons. The van der Waals surface area contributed by atoms with Crippen LogP contribution in [0, 0.1) is 5.92 Å². The topological polar surface area (TPSA) is 98.2 Å². The number of carbonyl (C=O) groups is 2. The summed E-state index contributed by atoms with van der Waals surface area (Å²) < 4.78 is 16.7. The Balaban J connectivity index is 1.12. The molecule has 186 valence electrons. The van der Waals surface area contributed by atoms with Gasteiger partial charge >= 0.3 is 5.97 Å². The molecule has 5 rings (SSSR count). The number of hydrogen-bond acceptors (Lipinski definition) is 6. The molecule has 1 N–H and O–H groups in total. The van der Waals surface area contributed by atoms with Gasteiger partial charge in [-0.05, 0) is 61.4 Å². The number of aryl methyl sites for hydroxylation is 1. The summed E-state index contributed by atoms with van der Waals surface area (Å²) in [5.41, 5.74) is 2.66. The number of fused-ring (bicyclic) bond motifs is 1. The number of carboxylic acid groups (broad SMARTS) is 1. The zero-order valence-electron chi connectivity index (χ0n) is 19.9. The van der Waals surface area contributed by atoms with Crippen molar-refractivity contribution in [2.24, 2.45) is 5.92 Å². The van der Waals surface area contributed by atoms with Gasteiger partial charge in [0.05, 0.1) is 5.56 Å². The van der Waals surface area contributed by atoms with Gasteiger partial charge in [-0.3, -0.25) is 9.78 Å². The van der Waals surface area contributed by atoms with Crippen LogP contribution in [0.1, 0.15) is 35.2 Å². The van der Waals surface area contributed by atoms with Gasteiger partial charge in [-0.2, -0.15) is 0 Å². The molecule has 0 spiro atoms. The molecule has 1 aromatic heterocycles. The number of nitrogens with zero attached hydrogens (tertiary/aromatic N) is 2. The van der Waals surface area contributed by atoms with Crippen molar-refractivity contribution in [3.8, 4) is 28.4 Å². The summed E-state index contributed by atoms with van der Waals surface area (Å²) in [5.74, 6) is 1.64. The Bertz CT molecular complexity index is 1250. The van der Waals surface area contributed by atoms with Gasteiger partial charge in [0.2, 0.25) is 6.79 Å². The monoisotopic (exact) mass is 488 g/mol. The van der Waals surface area contributed by atoms with Crippen LogP contribution in [-0.4, -0.2) is 53.4 Å². The Morgan fingerprint density at radius 3 is 2.67 bits per heavy atom. The van der Waals surface area contributed by atoms with Crippen molar-refractivity contribution in [3.05, 3.63) is 72.1 Å². The molecule has 0 aliphatic carbocycles. The van der Waals surface area contributed by atoms with E-state index in [0.29, 0.717) is 22.8 Å². The van der Waals surface area contributed by atoms with Crippen LogP contribution in [0.25, 0.3) is 11.1 Å². The number of ether oxygens (including phenoxy) is 3. The van der Waals surface area contributed by atoms with E-state index in [2.05, 4.69) is 17.1 Å². The van der Waals surface area contributed by atoms with Crippen LogP contribution in [0.3, 0.4) is 0 Å². The molecule has 0 saturated carbocycles. The van der Waals surface area contributed by atoms with Crippen LogP contribution >= 0.6 is 0 Å². The number of carboxylic acids is 1. The number of aromatic carboxylic acids is 1. The summed E-state index contributed by atoms with van der Waals surface area (Å²) in [7, 11) is 0. The molecular formula is C28H28N2O6. The van der Waals surface area contributed by atoms with E-state index in [9.17, 15) is 14.7 Å². The second-order valence-electron chi connectivity index (χ2n) is 9.10. The third kappa shape index (κ3) is 5.43. The van der Waals surface area contributed by atoms with Gasteiger partial charge in [0, 0.05) is 36.6 Å². The molecule has 2 aliphatic rings. The van der Waals surface area contributed by atoms with Crippen LogP contribution < -0.4 is 14.2 Å². The Labute approximate surface area is 209 Å². The average Bonchev–Trinajstić information content (AvgIpc) is 3.39. The molecule has 1 fully saturated rings. The Hall–Kier alpha value is -4.07. The van der Waals surface area contributed by atoms with Crippen molar-refractivity contribution < 1.29 is 28.9 Å². The molecule has 0 atom stereocenters. The van der Waals surface area contributed by atoms with Gasteiger partial charge in [-0.25, -0.2) is 4.79 Å². The van der Waals surface area contributed by atoms with Crippen molar-refractivity contribution in [1.29, 1.82) is 0 Å². The molecule has 2 aromatic carbocycles. The molecule has 1 saturated heterocycles. The lowest BCUT2D eigenvalue weighted by molar-refractivity contribution is -0.134. The number of likely N-dealkylation sites (tertiary alicyclic amines) is 1. The quantitative estimate of drug-likeness (QED) is 0.501. The van der Waals surface area contributed by atoms with Crippen molar-refractivity contribution in [1.82, 2.24) is 9.88 Å². The highest BCUT2D eigenvalue weighted by atomic mass is 16.7. The molecule has 2 aliphatic heterocycles. The minimum atomic E-state index is -1.04. The van der Waals surface area contributed by atoms with Gasteiger partial charge in [-0.15, -0.1) is 0 Å². The number of carbonyl (C=O) groups excluding carboxylic acids is 1. The largest absolute Gasteiger partial charge is 0.483 e. The minimum Gasteiger partial charge on any atom is -0.483 e. The standard InChI is InChI=1S/C28H28N2O6/c31-27(17-34-24-4-2-1-3-23(24)21-14-22(28(32)33)16-29-15-21)30-11-9-19(10-12-30)5-6-20-7-8-25-26(13-20)36-18-35-25/h1-4,7-8,13-16,19H,5-6,9-12,17-18H2,(H,32,33). The van der Waals surface area contributed by atoms with Gasteiger partial charge in [-0.1, -0.05) is 24.3 Å². The third-order valence-corrected chi connectivity index (χ3v) is 6.78. The molecule has 36 heavy (non-hydrogen) atoms. The third-order valence-electron chi connectivity index (χ3n) is 6.78. The summed E-state index contributed by atoms with van der Waals surface area (Å²) >= 11 is 0. The summed E-state index contributed by atoms with van der Waals surface area (Å²) in [6.07, 6.45) is 6.89. The summed E-state index contributed by atoms with van der Waals surface area (Å²) in [4.78, 5) is 30.0. The second-order valence-corrected chi connectivity index (χ2v) is 9.10. The van der Waals surface area contributed by atoms with E-state index in [-0.39, 0.29) is 24.9 Å². The number of aromatic nitrogens is 1. The summed E-state index contributed by atoms with van der Waals surface area (Å²) in [6, 6.07) is 14.9. The summed E-state index contributed by atoms with van der Waals surface area (Å²) in [6.45, 7) is 1.67. The predicted octanol–water partition coefficient (Wildman–Crippen LogP) is 4.43. The molecule has 8 heteroatoms. The first-order valence-electron chi connectivity index (χ1n) is 12.1. The first-order valence-corrected chi connectivity index (χ1v) is 12.1. The van der Waals surface area contributed by atoms with Gasteiger partial charge in [0.1, 0.15) is 5.75 Å². The van der Waals surface area contributed by atoms with Crippen LogP contribution in [0.15, 0.2) is 60.9 Å². The highest BCUT2D eigenvalue weighted by molar-refractivity contribution is 5.89. The lowest BCUT2D eigenvalue weighted by Crippen LogP contribution is -2.41. The molecular weight excluding hydrogens is 460 g/mol. The lowest BCUT2D eigenvalue weighted by Gasteiger charge is -2.32. The first-order chi connectivity index (χ1) is 17.6. The zero-order chi connectivity index (χ0) is 24.9. The van der Waals surface area contributed by atoms with E-state index in [1.807, 2.05) is 29.2 Å². The van der Waals surface area contributed by atoms with E-state index in [1.165, 1.54) is 11.8 Å². The average molecular weight is 489 g/mol. The highest BCUT2D eigenvalue weighted by Gasteiger charge is 2.23. The highest BCUT2D eigenvalue weighted by Crippen LogP contribution is 2.34. The molecule has 3 heterocycles. The second kappa shape index (κ2) is 10.7. The first kappa shape index (κ1) is 23.7. The maximum absolute atomic E-state index is 12.8. The van der Waals surface area contributed by atoms with Crippen molar-refractivity contribution in [3.63, 3.8) is 0 Å². The molecule has 1 amide bonds. The fraction of sp³-hybridized carbons (Fsp3) is 0.321. The normalized spacial score (nSPS) is 15.1. The van der Waals surface area contributed by atoms with E-state index < -0.39 is 5.97 Å². The molecule has 0 bridgehead atoms. The smallest absolute Gasteiger partial charge is 0.337 e. The van der Waals surface area contributed by atoms with Crippen LogP contribution in [0.5, 0.6) is 17.2 Å². The number of piperidine rings is 1. The van der Waals surface area contributed by atoms with E-state index >= 15 is 0 Å². The zero-order valence-corrected chi connectivity index (χ0v) is 19.9. The molecule has 0 unspecified atom stereocenters. The van der Waals surface area contributed by atoms with Crippen LogP contribution in [0.4, 0.5) is 0 Å². The number of pyridine rings is 1.